The minimum Gasteiger partial charge on any atom is -0.494 e. The molecule has 3 nitrogen and oxygen atoms in total. The van der Waals surface area contributed by atoms with Gasteiger partial charge >= 0.3 is 0 Å². The number of nitrogens with zero attached hydrogens (tertiary/aromatic N) is 1. The Morgan fingerprint density at radius 2 is 1.95 bits per heavy atom. The first-order chi connectivity index (χ1) is 10.3. The zero-order valence-electron chi connectivity index (χ0n) is 12.5. The summed E-state index contributed by atoms with van der Waals surface area (Å²) in [6.45, 7) is 5.78. The van der Waals surface area contributed by atoms with Crippen molar-refractivity contribution in [2.24, 2.45) is 0 Å². The van der Waals surface area contributed by atoms with Gasteiger partial charge in [-0.05, 0) is 55.8 Å². The number of rotatable bonds is 7. The lowest BCUT2D eigenvalue weighted by molar-refractivity contribution is 0.333. The van der Waals surface area contributed by atoms with Gasteiger partial charge in [-0.15, -0.1) is 0 Å². The molecule has 0 aliphatic rings. The van der Waals surface area contributed by atoms with Crippen molar-refractivity contribution in [1.29, 1.82) is 0 Å². The standard InChI is InChI=1S/C17H21BrN2O/c1-3-9-20-17(13-7-10-19-11-8-13)15-12-14(18)5-6-16(15)21-4-2/h5-8,10-12,17,20H,3-4,9H2,1-2H3. The number of hydrogen-bond acceptors (Lipinski definition) is 3. The van der Waals surface area contributed by atoms with Crippen LogP contribution < -0.4 is 10.1 Å². The fourth-order valence-corrected chi connectivity index (χ4v) is 2.66. The number of nitrogens with one attached hydrogen (secondary N) is 1. The van der Waals surface area contributed by atoms with Gasteiger partial charge in [-0.2, -0.15) is 0 Å². The molecule has 1 unspecified atom stereocenters. The minimum atomic E-state index is 0.104. The molecule has 2 rings (SSSR count). The molecule has 1 atom stereocenters. The summed E-state index contributed by atoms with van der Waals surface area (Å²) in [7, 11) is 0. The number of ether oxygens (including phenoxy) is 1. The lowest BCUT2D eigenvalue weighted by Gasteiger charge is -2.22. The van der Waals surface area contributed by atoms with Gasteiger partial charge < -0.3 is 10.1 Å². The van der Waals surface area contributed by atoms with Crippen LogP contribution in [0.2, 0.25) is 0 Å². The molecule has 1 N–H and O–H groups in total. The fourth-order valence-electron chi connectivity index (χ4n) is 2.28. The smallest absolute Gasteiger partial charge is 0.124 e. The third kappa shape index (κ3) is 4.29. The summed E-state index contributed by atoms with van der Waals surface area (Å²) in [5.41, 5.74) is 2.34. The summed E-state index contributed by atoms with van der Waals surface area (Å²) in [5, 5.41) is 3.60. The number of hydrogen-bond donors (Lipinski definition) is 1. The van der Waals surface area contributed by atoms with Crippen LogP contribution in [0, 0.1) is 0 Å². The van der Waals surface area contributed by atoms with Crippen molar-refractivity contribution in [2.75, 3.05) is 13.2 Å². The Kier molecular flexibility index (Phi) is 6.21. The molecule has 112 valence electrons. The molecule has 0 aliphatic carbocycles. The van der Waals surface area contributed by atoms with Gasteiger partial charge in [0.15, 0.2) is 0 Å². The third-order valence-corrected chi connectivity index (χ3v) is 3.71. The SMILES string of the molecule is CCCNC(c1ccncc1)c1cc(Br)ccc1OCC. The van der Waals surface area contributed by atoms with Gasteiger partial charge in [0.05, 0.1) is 12.6 Å². The number of benzene rings is 1. The summed E-state index contributed by atoms with van der Waals surface area (Å²) in [6, 6.07) is 10.3. The molecule has 0 bridgehead atoms. The molecule has 1 aromatic carbocycles. The topological polar surface area (TPSA) is 34.2 Å². The van der Waals surface area contributed by atoms with Crippen molar-refractivity contribution >= 4 is 15.9 Å². The van der Waals surface area contributed by atoms with Crippen LogP contribution in [0.3, 0.4) is 0 Å². The van der Waals surface area contributed by atoms with E-state index >= 15 is 0 Å². The van der Waals surface area contributed by atoms with Crippen LogP contribution in [0.4, 0.5) is 0 Å². The highest BCUT2D eigenvalue weighted by atomic mass is 79.9. The Balaban J connectivity index is 2.42. The van der Waals surface area contributed by atoms with Crippen molar-refractivity contribution in [1.82, 2.24) is 10.3 Å². The van der Waals surface area contributed by atoms with E-state index in [4.69, 9.17) is 4.74 Å². The van der Waals surface area contributed by atoms with Crippen molar-refractivity contribution in [2.45, 2.75) is 26.3 Å². The van der Waals surface area contributed by atoms with E-state index in [0.29, 0.717) is 6.61 Å². The summed E-state index contributed by atoms with van der Waals surface area (Å²) >= 11 is 3.56. The van der Waals surface area contributed by atoms with Crippen LogP contribution >= 0.6 is 15.9 Å². The van der Waals surface area contributed by atoms with Crippen molar-refractivity contribution < 1.29 is 4.74 Å². The van der Waals surface area contributed by atoms with Gasteiger partial charge in [0.1, 0.15) is 5.75 Å². The van der Waals surface area contributed by atoms with E-state index in [1.807, 2.05) is 43.6 Å². The lowest BCUT2D eigenvalue weighted by Crippen LogP contribution is -2.24. The Bertz CT molecular complexity index is 560. The molecule has 0 radical (unpaired) electrons. The highest BCUT2D eigenvalue weighted by Crippen LogP contribution is 2.32. The monoisotopic (exact) mass is 348 g/mol. The molecule has 1 aromatic heterocycles. The summed E-state index contributed by atoms with van der Waals surface area (Å²) in [4.78, 5) is 4.11. The maximum Gasteiger partial charge on any atom is 0.124 e. The number of halogens is 1. The van der Waals surface area contributed by atoms with E-state index in [1.165, 1.54) is 5.56 Å². The van der Waals surface area contributed by atoms with Gasteiger partial charge in [0, 0.05) is 22.4 Å². The van der Waals surface area contributed by atoms with Crippen LogP contribution in [0.5, 0.6) is 5.75 Å². The predicted octanol–water partition coefficient (Wildman–Crippen LogP) is 4.33. The molecule has 0 amide bonds. The summed E-state index contributed by atoms with van der Waals surface area (Å²) in [5.74, 6) is 0.922. The van der Waals surface area contributed by atoms with E-state index in [0.717, 1.165) is 28.8 Å². The molecule has 1 heterocycles. The molecular formula is C17H21BrN2O. The molecule has 21 heavy (non-hydrogen) atoms. The Morgan fingerprint density at radius 1 is 1.19 bits per heavy atom. The summed E-state index contributed by atoms with van der Waals surface area (Å²) < 4.78 is 6.85. The molecule has 0 aliphatic heterocycles. The minimum absolute atomic E-state index is 0.104. The Labute approximate surface area is 134 Å². The average Bonchev–Trinajstić information content (AvgIpc) is 2.51. The van der Waals surface area contributed by atoms with Crippen molar-refractivity contribution in [3.05, 3.63) is 58.3 Å². The van der Waals surface area contributed by atoms with E-state index in [1.54, 1.807) is 0 Å². The maximum atomic E-state index is 5.80. The molecule has 2 aromatic rings. The van der Waals surface area contributed by atoms with Gasteiger partial charge in [0.2, 0.25) is 0 Å². The first-order valence-corrected chi connectivity index (χ1v) is 8.11. The fraction of sp³-hybridized carbons (Fsp3) is 0.353. The molecule has 4 heteroatoms. The normalized spacial score (nSPS) is 12.1. The zero-order valence-corrected chi connectivity index (χ0v) is 14.1. The molecule has 0 saturated carbocycles. The molecule has 0 saturated heterocycles. The Morgan fingerprint density at radius 3 is 2.62 bits per heavy atom. The van der Waals surface area contributed by atoms with Crippen molar-refractivity contribution in [3.8, 4) is 5.75 Å². The first kappa shape index (κ1) is 16.0. The van der Waals surface area contributed by atoms with Crippen LogP contribution in [-0.2, 0) is 0 Å². The lowest BCUT2D eigenvalue weighted by atomic mass is 9.98. The van der Waals surface area contributed by atoms with Gasteiger partial charge in [0.25, 0.3) is 0 Å². The van der Waals surface area contributed by atoms with Crippen LogP contribution in [0.15, 0.2) is 47.2 Å². The third-order valence-electron chi connectivity index (χ3n) is 3.22. The quantitative estimate of drug-likeness (QED) is 0.808. The second kappa shape index (κ2) is 8.15. The second-order valence-corrected chi connectivity index (χ2v) is 5.70. The van der Waals surface area contributed by atoms with E-state index in [2.05, 4.69) is 39.2 Å². The van der Waals surface area contributed by atoms with Gasteiger partial charge in [-0.3, -0.25) is 4.98 Å². The number of aromatic nitrogens is 1. The van der Waals surface area contributed by atoms with Crippen molar-refractivity contribution in [3.63, 3.8) is 0 Å². The van der Waals surface area contributed by atoms with E-state index < -0.39 is 0 Å². The van der Waals surface area contributed by atoms with Crippen LogP contribution in [0.1, 0.15) is 37.4 Å². The largest absolute Gasteiger partial charge is 0.494 e. The van der Waals surface area contributed by atoms with E-state index in [9.17, 15) is 0 Å². The molecule has 0 spiro atoms. The predicted molar refractivity (Wildman–Crippen MR) is 89.7 cm³/mol. The highest BCUT2D eigenvalue weighted by Gasteiger charge is 2.18. The second-order valence-electron chi connectivity index (χ2n) is 4.78. The highest BCUT2D eigenvalue weighted by molar-refractivity contribution is 9.10. The van der Waals surface area contributed by atoms with Crippen LogP contribution in [-0.4, -0.2) is 18.1 Å². The van der Waals surface area contributed by atoms with Gasteiger partial charge in [-0.1, -0.05) is 22.9 Å². The maximum absolute atomic E-state index is 5.80. The van der Waals surface area contributed by atoms with E-state index in [-0.39, 0.29) is 6.04 Å². The zero-order chi connectivity index (χ0) is 15.1. The Hall–Kier alpha value is -1.39. The molecular weight excluding hydrogens is 328 g/mol. The number of pyridine rings is 1. The average molecular weight is 349 g/mol. The summed E-state index contributed by atoms with van der Waals surface area (Å²) in [6.07, 6.45) is 4.74. The molecule has 0 fully saturated rings. The first-order valence-electron chi connectivity index (χ1n) is 7.31. The van der Waals surface area contributed by atoms with Crippen LogP contribution in [0.25, 0.3) is 0 Å². The van der Waals surface area contributed by atoms with Gasteiger partial charge in [-0.25, -0.2) is 0 Å².